The summed E-state index contributed by atoms with van der Waals surface area (Å²) in [7, 11) is 1.56. The zero-order chi connectivity index (χ0) is 21.8. The number of fused-ring (bicyclic) bond motifs is 1. The fourth-order valence-electron chi connectivity index (χ4n) is 4.09. The molecule has 4 heterocycles. The van der Waals surface area contributed by atoms with Crippen LogP contribution in [-0.2, 0) is 14.9 Å². The van der Waals surface area contributed by atoms with Gasteiger partial charge in [0.05, 0.1) is 30.9 Å². The lowest BCUT2D eigenvalue weighted by Gasteiger charge is -2.36. The predicted molar refractivity (Wildman–Crippen MR) is 115 cm³/mol. The van der Waals surface area contributed by atoms with E-state index in [9.17, 15) is 4.79 Å². The number of carbonyl (C=O) groups excluding carboxylic acids is 1. The first kappa shape index (κ1) is 21.1. The van der Waals surface area contributed by atoms with E-state index in [1.165, 1.54) is 4.90 Å². The lowest BCUT2D eigenvalue weighted by Crippen LogP contribution is -2.45. The first-order chi connectivity index (χ1) is 14.1. The molecule has 0 bridgehead atoms. The molecule has 30 heavy (non-hydrogen) atoms. The van der Waals surface area contributed by atoms with E-state index in [1.54, 1.807) is 27.2 Å². The number of hydrogen-bond acceptors (Lipinski definition) is 7. The number of aromatic nitrogens is 3. The van der Waals surface area contributed by atoms with Gasteiger partial charge in [0.15, 0.2) is 5.82 Å². The van der Waals surface area contributed by atoms with Crippen molar-refractivity contribution < 1.29 is 14.3 Å². The Morgan fingerprint density at radius 3 is 2.50 bits per heavy atom. The van der Waals surface area contributed by atoms with Gasteiger partial charge in [0, 0.05) is 24.7 Å². The molecule has 1 saturated heterocycles. The fraction of sp³-hybridized carbons (Fsp3) is 0.500. The van der Waals surface area contributed by atoms with Crippen LogP contribution in [-0.4, -0.2) is 53.3 Å². The highest BCUT2D eigenvalue weighted by molar-refractivity contribution is 6.34. The zero-order valence-corrected chi connectivity index (χ0v) is 19.0. The van der Waals surface area contributed by atoms with Gasteiger partial charge in [-0.05, 0) is 39.3 Å². The Bertz CT molecular complexity index is 1010. The van der Waals surface area contributed by atoms with Crippen molar-refractivity contribution in [3.05, 3.63) is 28.3 Å². The van der Waals surface area contributed by atoms with Gasteiger partial charge in [0.1, 0.15) is 22.4 Å². The quantitative estimate of drug-likeness (QED) is 0.518. The van der Waals surface area contributed by atoms with Crippen molar-refractivity contribution in [1.29, 1.82) is 0 Å². The third-order valence-corrected chi connectivity index (χ3v) is 5.87. The zero-order valence-electron chi connectivity index (χ0n) is 17.4. The molecule has 0 saturated carbocycles. The smallest absolute Gasteiger partial charge is 0.243 e. The standard InChI is InChI=1S/C20H23Cl2N5O3/c1-10-8-26(9-11(2)30-10)14-6-13(29-5)12(7-23-14)27-17-15(20(3,4)18(27)28)16(21)24-19(22)25-17/h6-7,10-11H,8-9H2,1-5H3/t10-,11+. The summed E-state index contributed by atoms with van der Waals surface area (Å²) < 4.78 is 11.4. The molecule has 0 aliphatic carbocycles. The molecule has 0 spiro atoms. The first-order valence-electron chi connectivity index (χ1n) is 9.66. The van der Waals surface area contributed by atoms with E-state index in [2.05, 4.69) is 19.9 Å². The number of hydrogen-bond donors (Lipinski definition) is 0. The Kier molecular flexibility index (Phi) is 5.28. The van der Waals surface area contributed by atoms with Crippen molar-refractivity contribution in [2.24, 2.45) is 0 Å². The molecule has 0 unspecified atom stereocenters. The predicted octanol–water partition coefficient (Wildman–Crippen LogP) is 3.76. The van der Waals surface area contributed by atoms with Crippen LogP contribution in [0.5, 0.6) is 5.75 Å². The number of methoxy groups -OCH3 is 1. The number of carbonyl (C=O) groups is 1. The molecule has 2 atom stereocenters. The van der Waals surface area contributed by atoms with Crippen molar-refractivity contribution in [3.8, 4) is 5.75 Å². The van der Waals surface area contributed by atoms with Gasteiger partial charge in [-0.2, -0.15) is 4.98 Å². The highest BCUT2D eigenvalue weighted by Gasteiger charge is 2.49. The van der Waals surface area contributed by atoms with Gasteiger partial charge >= 0.3 is 0 Å². The van der Waals surface area contributed by atoms with Crippen molar-refractivity contribution in [2.75, 3.05) is 30.0 Å². The second-order valence-corrected chi connectivity index (χ2v) is 8.82. The molecule has 2 aromatic heterocycles. The minimum atomic E-state index is -0.921. The van der Waals surface area contributed by atoms with Crippen LogP contribution in [0.15, 0.2) is 12.3 Å². The van der Waals surface area contributed by atoms with Crippen LogP contribution in [0, 0.1) is 0 Å². The molecule has 0 aromatic carbocycles. The molecule has 2 aromatic rings. The van der Waals surface area contributed by atoms with Gasteiger partial charge in [-0.15, -0.1) is 0 Å². The van der Waals surface area contributed by atoms with Crippen LogP contribution in [0.4, 0.5) is 17.3 Å². The average molecular weight is 452 g/mol. The molecule has 160 valence electrons. The summed E-state index contributed by atoms with van der Waals surface area (Å²) in [6, 6.07) is 1.82. The lowest BCUT2D eigenvalue weighted by molar-refractivity contribution is -0.121. The van der Waals surface area contributed by atoms with Crippen molar-refractivity contribution in [2.45, 2.75) is 45.3 Å². The normalized spacial score (nSPS) is 23.0. The monoisotopic (exact) mass is 451 g/mol. The highest BCUT2D eigenvalue weighted by Crippen LogP contribution is 2.49. The van der Waals surface area contributed by atoms with Gasteiger partial charge in [0.2, 0.25) is 11.2 Å². The van der Waals surface area contributed by atoms with E-state index >= 15 is 0 Å². The molecular formula is C20H23Cl2N5O3. The van der Waals surface area contributed by atoms with Gasteiger partial charge in [-0.25, -0.2) is 9.97 Å². The minimum absolute atomic E-state index is 0.0333. The van der Waals surface area contributed by atoms with Crippen LogP contribution in [0.2, 0.25) is 10.4 Å². The number of halogens is 2. The Balaban J connectivity index is 1.79. The maximum absolute atomic E-state index is 13.3. The molecule has 1 fully saturated rings. The number of rotatable bonds is 3. The maximum Gasteiger partial charge on any atom is 0.243 e. The first-order valence-corrected chi connectivity index (χ1v) is 10.4. The largest absolute Gasteiger partial charge is 0.494 e. The van der Waals surface area contributed by atoms with Crippen LogP contribution < -0.4 is 14.5 Å². The Hall–Kier alpha value is -2.16. The SMILES string of the molecule is COc1cc(N2C[C@@H](C)O[C@@H](C)C2)ncc1N1C(=O)C(C)(C)c2c(Cl)nc(Cl)nc21. The highest BCUT2D eigenvalue weighted by atomic mass is 35.5. The second-order valence-electron chi connectivity index (χ2n) is 8.12. The van der Waals surface area contributed by atoms with Gasteiger partial charge in [-0.3, -0.25) is 9.69 Å². The maximum atomic E-state index is 13.3. The molecule has 2 aliphatic rings. The molecule has 0 N–H and O–H groups in total. The Morgan fingerprint density at radius 1 is 1.20 bits per heavy atom. The molecule has 0 radical (unpaired) electrons. The summed E-state index contributed by atoms with van der Waals surface area (Å²) >= 11 is 12.4. The van der Waals surface area contributed by atoms with Crippen molar-refractivity contribution in [3.63, 3.8) is 0 Å². The van der Waals surface area contributed by atoms with E-state index in [0.29, 0.717) is 22.8 Å². The topological polar surface area (TPSA) is 80.7 Å². The molecular weight excluding hydrogens is 429 g/mol. The Morgan fingerprint density at radius 2 is 1.87 bits per heavy atom. The number of ether oxygens (including phenoxy) is 2. The summed E-state index contributed by atoms with van der Waals surface area (Å²) in [5, 5.41) is 0.125. The third-order valence-electron chi connectivity index (χ3n) is 5.43. The molecule has 10 heteroatoms. The fourth-order valence-corrected chi connectivity index (χ4v) is 4.70. The van der Waals surface area contributed by atoms with Gasteiger partial charge in [0.25, 0.3) is 0 Å². The second kappa shape index (κ2) is 7.51. The molecule has 2 aliphatic heterocycles. The molecule has 4 rings (SSSR count). The van der Waals surface area contributed by atoms with Gasteiger partial charge in [-0.1, -0.05) is 11.6 Å². The van der Waals surface area contributed by atoms with E-state index in [1.807, 2.05) is 19.9 Å². The Labute approximate surface area is 185 Å². The molecule has 8 nitrogen and oxygen atoms in total. The van der Waals surface area contributed by atoms with E-state index in [-0.39, 0.29) is 28.6 Å². The lowest BCUT2D eigenvalue weighted by atomic mass is 9.88. The van der Waals surface area contributed by atoms with Crippen LogP contribution in [0.3, 0.4) is 0 Å². The number of amides is 1. The van der Waals surface area contributed by atoms with Crippen LogP contribution in [0.1, 0.15) is 33.3 Å². The van der Waals surface area contributed by atoms with Crippen molar-refractivity contribution >= 4 is 46.4 Å². The summed E-state index contributed by atoms with van der Waals surface area (Å²) in [6.07, 6.45) is 1.80. The van der Waals surface area contributed by atoms with E-state index in [4.69, 9.17) is 32.7 Å². The van der Waals surface area contributed by atoms with Crippen LogP contribution in [0.25, 0.3) is 0 Å². The average Bonchev–Trinajstić information content (AvgIpc) is 2.86. The summed E-state index contributed by atoms with van der Waals surface area (Å²) in [5.74, 6) is 1.38. The summed E-state index contributed by atoms with van der Waals surface area (Å²) in [6.45, 7) is 9.06. The molecule has 1 amide bonds. The number of anilines is 3. The minimum Gasteiger partial charge on any atom is -0.494 e. The number of pyridine rings is 1. The van der Waals surface area contributed by atoms with Gasteiger partial charge < -0.3 is 14.4 Å². The van der Waals surface area contributed by atoms with E-state index < -0.39 is 5.41 Å². The van der Waals surface area contributed by atoms with E-state index in [0.717, 1.165) is 18.9 Å². The third kappa shape index (κ3) is 3.36. The van der Waals surface area contributed by atoms with Crippen molar-refractivity contribution in [1.82, 2.24) is 15.0 Å². The van der Waals surface area contributed by atoms with Crippen LogP contribution >= 0.6 is 23.2 Å². The summed E-state index contributed by atoms with van der Waals surface area (Å²) in [5.41, 5.74) is 0.0780. The number of nitrogens with zero attached hydrogens (tertiary/aromatic N) is 5. The number of morpholine rings is 1. The summed E-state index contributed by atoms with van der Waals surface area (Å²) in [4.78, 5) is 29.8.